The highest BCUT2D eigenvalue weighted by Crippen LogP contribution is 2.45. The van der Waals surface area contributed by atoms with E-state index < -0.39 is 0 Å². The Morgan fingerprint density at radius 2 is 1.91 bits per heavy atom. The molecule has 0 bridgehead atoms. The smallest absolute Gasteiger partial charge is 0.271 e. The van der Waals surface area contributed by atoms with Gasteiger partial charge in [-0.05, 0) is 34.6 Å². The maximum absolute atomic E-state index is 12.5. The molecule has 0 fully saturated rings. The summed E-state index contributed by atoms with van der Waals surface area (Å²) in [5.74, 6) is 0.754. The number of nitrogens with one attached hydrogen (secondary N) is 1. The first-order chi connectivity index (χ1) is 10.3. The van der Waals surface area contributed by atoms with Crippen molar-refractivity contribution in [2.24, 2.45) is 12.0 Å². The molecule has 2 aromatic heterocycles. The fourth-order valence-electron chi connectivity index (χ4n) is 2.96. The first kappa shape index (κ1) is 15.1. The minimum atomic E-state index is -0.0555. The Kier molecular flexibility index (Phi) is 3.55. The van der Waals surface area contributed by atoms with Crippen LogP contribution in [-0.4, -0.2) is 24.6 Å². The first-order valence-corrected chi connectivity index (χ1v) is 8.25. The Morgan fingerprint density at radius 1 is 1.23 bits per heavy atom. The standard InChI is InChI=1S/C15H21N5OS/c1-7(2)20-14-12(15(21)18-20)13(22-10(5)16-14)11-8(3)17-19(6)9(11)4/h7,13H,1-6H3,(H,18,21)/t13-/m1/s1. The summed E-state index contributed by atoms with van der Waals surface area (Å²) < 4.78 is 3.73. The van der Waals surface area contributed by atoms with Gasteiger partial charge in [0, 0.05) is 24.3 Å². The van der Waals surface area contributed by atoms with Crippen LogP contribution in [0.15, 0.2) is 9.79 Å². The number of hydrogen-bond donors (Lipinski definition) is 1. The molecule has 1 aliphatic rings. The fourth-order valence-corrected chi connectivity index (χ4v) is 4.23. The van der Waals surface area contributed by atoms with Gasteiger partial charge in [0.2, 0.25) is 0 Å². The normalized spacial score (nSPS) is 17.8. The Bertz CT molecular complexity index is 824. The minimum absolute atomic E-state index is 0.0510. The predicted molar refractivity (Wildman–Crippen MR) is 90.3 cm³/mol. The van der Waals surface area contributed by atoms with E-state index in [0.717, 1.165) is 33.4 Å². The molecular weight excluding hydrogens is 298 g/mol. The third-order valence-electron chi connectivity index (χ3n) is 4.09. The molecule has 0 aliphatic carbocycles. The molecule has 118 valence electrons. The Hall–Kier alpha value is -1.76. The Balaban J connectivity index is 2.26. The number of H-pyrrole nitrogens is 1. The van der Waals surface area contributed by atoms with Gasteiger partial charge in [0.1, 0.15) is 0 Å². The molecule has 0 unspecified atom stereocenters. The Labute approximate surface area is 133 Å². The van der Waals surface area contributed by atoms with Gasteiger partial charge < -0.3 is 0 Å². The molecule has 3 heterocycles. The molecule has 1 N–H and O–H groups in total. The largest absolute Gasteiger partial charge is 0.272 e. The summed E-state index contributed by atoms with van der Waals surface area (Å²) in [4.78, 5) is 17.1. The topological polar surface area (TPSA) is 68.0 Å². The number of aromatic amines is 1. The van der Waals surface area contributed by atoms with Crippen LogP contribution in [0, 0.1) is 13.8 Å². The minimum Gasteiger partial charge on any atom is -0.272 e. The highest BCUT2D eigenvalue weighted by molar-refractivity contribution is 8.14. The molecule has 7 heteroatoms. The number of hydrogen-bond acceptors (Lipinski definition) is 4. The van der Waals surface area contributed by atoms with Crippen molar-refractivity contribution in [2.75, 3.05) is 0 Å². The molecule has 0 saturated heterocycles. The highest BCUT2D eigenvalue weighted by Gasteiger charge is 2.33. The molecule has 0 saturated carbocycles. The van der Waals surface area contributed by atoms with Crippen LogP contribution < -0.4 is 5.56 Å². The van der Waals surface area contributed by atoms with Crippen LogP contribution in [0.25, 0.3) is 0 Å². The van der Waals surface area contributed by atoms with Crippen LogP contribution in [0.1, 0.15) is 54.6 Å². The van der Waals surface area contributed by atoms with E-state index in [9.17, 15) is 4.79 Å². The average Bonchev–Trinajstić information content (AvgIpc) is 2.87. The Morgan fingerprint density at radius 3 is 2.45 bits per heavy atom. The average molecular weight is 319 g/mol. The van der Waals surface area contributed by atoms with Gasteiger partial charge in [-0.25, -0.2) is 4.99 Å². The zero-order chi connectivity index (χ0) is 16.2. The highest BCUT2D eigenvalue weighted by atomic mass is 32.2. The van der Waals surface area contributed by atoms with E-state index in [0.29, 0.717) is 0 Å². The number of thioether (sulfide) groups is 1. The number of fused-ring (bicyclic) bond motifs is 1. The van der Waals surface area contributed by atoms with Crippen molar-refractivity contribution in [3.05, 3.63) is 32.9 Å². The van der Waals surface area contributed by atoms with Crippen LogP contribution in [-0.2, 0) is 7.05 Å². The van der Waals surface area contributed by atoms with Gasteiger partial charge in [0.05, 0.1) is 21.6 Å². The lowest BCUT2D eigenvalue weighted by Gasteiger charge is -2.21. The monoisotopic (exact) mass is 319 g/mol. The quantitative estimate of drug-likeness (QED) is 0.925. The molecule has 22 heavy (non-hydrogen) atoms. The maximum atomic E-state index is 12.5. The SMILES string of the molecule is CC1=Nc2c(c(=O)[nH]n2C(C)C)[C@@H](c2c(C)nn(C)c2C)S1. The zero-order valence-electron chi connectivity index (χ0n) is 13.8. The maximum Gasteiger partial charge on any atom is 0.271 e. The lowest BCUT2D eigenvalue weighted by atomic mass is 10.0. The van der Waals surface area contributed by atoms with Crippen molar-refractivity contribution in [3.8, 4) is 0 Å². The van der Waals surface area contributed by atoms with Crippen LogP contribution >= 0.6 is 11.8 Å². The summed E-state index contributed by atoms with van der Waals surface area (Å²) in [5, 5.41) is 8.35. The second-order valence-electron chi connectivity index (χ2n) is 5.98. The van der Waals surface area contributed by atoms with E-state index in [1.54, 1.807) is 11.8 Å². The molecule has 1 aliphatic heterocycles. The van der Waals surface area contributed by atoms with Crippen LogP contribution in [0.3, 0.4) is 0 Å². The second kappa shape index (κ2) is 5.15. The lowest BCUT2D eigenvalue weighted by molar-refractivity contribution is 0.533. The van der Waals surface area contributed by atoms with E-state index in [4.69, 9.17) is 0 Å². The summed E-state index contributed by atoms with van der Waals surface area (Å²) in [6.07, 6.45) is 0. The number of aryl methyl sites for hydroxylation is 2. The van der Waals surface area contributed by atoms with Gasteiger partial charge in [-0.2, -0.15) is 5.10 Å². The number of aliphatic imine (C=N–C) groups is 1. The number of nitrogens with zero attached hydrogens (tertiary/aromatic N) is 4. The van der Waals surface area contributed by atoms with Crippen molar-refractivity contribution in [1.29, 1.82) is 0 Å². The third-order valence-corrected chi connectivity index (χ3v) is 5.23. The molecule has 0 radical (unpaired) electrons. The van der Waals surface area contributed by atoms with E-state index in [2.05, 4.69) is 15.2 Å². The summed E-state index contributed by atoms with van der Waals surface area (Å²) in [6.45, 7) is 10.1. The van der Waals surface area contributed by atoms with Crippen molar-refractivity contribution in [2.45, 2.75) is 45.9 Å². The molecule has 6 nitrogen and oxygen atoms in total. The molecule has 0 aromatic carbocycles. The van der Waals surface area contributed by atoms with Gasteiger partial charge in [-0.3, -0.25) is 19.3 Å². The molecule has 2 aromatic rings. The molecular formula is C15H21N5OS. The molecule has 0 spiro atoms. The van der Waals surface area contributed by atoms with E-state index >= 15 is 0 Å². The summed E-state index contributed by atoms with van der Waals surface area (Å²) >= 11 is 1.63. The van der Waals surface area contributed by atoms with Crippen molar-refractivity contribution in [1.82, 2.24) is 19.6 Å². The summed E-state index contributed by atoms with van der Waals surface area (Å²) in [5.41, 5.74) is 3.86. The summed E-state index contributed by atoms with van der Waals surface area (Å²) in [7, 11) is 1.94. The van der Waals surface area contributed by atoms with Crippen LogP contribution in [0.5, 0.6) is 0 Å². The predicted octanol–water partition coefficient (Wildman–Crippen LogP) is 2.99. The third kappa shape index (κ3) is 2.15. The van der Waals surface area contributed by atoms with Gasteiger partial charge in [0.25, 0.3) is 5.56 Å². The lowest BCUT2D eigenvalue weighted by Crippen LogP contribution is -2.14. The molecule has 0 amide bonds. The van der Waals surface area contributed by atoms with Crippen LogP contribution in [0.4, 0.5) is 5.82 Å². The number of aromatic nitrogens is 4. The van der Waals surface area contributed by atoms with Crippen molar-refractivity contribution >= 4 is 22.6 Å². The summed E-state index contributed by atoms with van der Waals surface area (Å²) in [6, 6.07) is 0.160. The first-order valence-electron chi connectivity index (χ1n) is 7.37. The zero-order valence-corrected chi connectivity index (χ0v) is 14.6. The van der Waals surface area contributed by atoms with Gasteiger partial charge in [0.15, 0.2) is 5.82 Å². The van der Waals surface area contributed by atoms with Crippen LogP contribution in [0.2, 0.25) is 0 Å². The van der Waals surface area contributed by atoms with Gasteiger partial charge >= 0.3 is 0 Å². The number of rotatable bonds is 2. The van der Waals surface area contributed by atoms with Crippen molar-refractivity contribution in [3.63, 3.8) is 0 Å². The second-order valence-corrected chi connectivity index (χ2v) is 7.28. The van der Waals surface area contributed by atoms with Gasteiger partial charge in [-0.1, -0.05) is 11.8 Å². The molecule has 3 rings (SSSR count). The molecule has 1 atom stereocenters. The van der Waals surface area contributed by atoms with E-state index in [1.165, 1.54) is 0 Å². The fraction of sp³-hybridized carbons (Fsp3) is 0.533. The van der Waals surface area contributed by atoms with E-state index in [-0.39, 0.29) is 16.9 Å². The van der Waals surface area contributed by atoms with E-state index in [1.807, 2.05) is 51.0 Å². The van der Waals surface area contributed by atoms with Crippen molar-refractivity contribution < 1.29 is 0 Å². The van der Waals surface area contributed by atoms with Gasteiger partial charge in [-0.15, -0.1) is 0 Å².